The Morgan fingerprint density at radius 1 is 1.30 bits per heavy atom. The molecule has 0 aromatic carbocycles. The average molecular weight is 406 g/mol. The molecule has 1 rings (SSSR count). The van der Waals surface area contributed by atoms with E-state index in [0.717, 1.165) is 12.8 Å². The first-order valence-corrected chi connectivity index (χ1v) is 11.8. The Balaban J connectivity index is 2.47. The van der Waals surface area contributed by atoms with Crippen LogP contribution in [-0.4, -0.2) is 49.0 Å². The van der Waals surface area contributed by atoms with Crippen molar-refractivity contribution < 1.29 is 14.0 Å². The van der Waals surface area contributed by atoms with Crippen molar-refractivity contribution in [1.29, 1.82) is 0 Å². The molecular weight excluding hydrogens is 379 g/mol. The maximum atomic E-state index is 12.0. The molecule has 0 radical (unpaired) electrons. The molecule has 0 unspecified atom stereocenters. The predicted octanol–water partition coefficient (Wildman–Crippen LogP) is 4.48. The van der Waals surface area contributed by atoms with E-state index in [1.807, 2.05) is 0 Å². The molecule has 0 bridgehead atoms. The van der Waals surface area contributed by atoms with Crippen molar-refractivity contribution in [2.75, 3.05) is 19.8 Å². The van der Waals surface area contributed by atoms with Crippen molar-refractivity contribution in [3.63, 3.8) is 0 Å². The molecule has 1 atom stereocenters. The van der Waals surface area contributed by atoms with Gasteiger partial charge in [-0.25, -0.2) is 15.2 Å². The molecular formula is C14H27Cl3N2O3Si. The number of carbonyl (C=O) groups is 1. The molecule has 0 aliphatic carbocycles. The minimum absolute atomic E-state index is 0.0817. The Morgan fingerprint density at radius 2 is 1.91 bits per heavy atom. The van der Waals surface area contributed by atoms with Crippen molar-refractivity contribution in [3.05, 3.63) is 0 Å². The van der Waals surface area contributed by atoms with E-state index in [1.54, 1.807) is 0 Å². The summed E-state index contributed by atoms with van der Waals surface area (Å²) in [5.74, 6) is 0. The molecule has 1 aliphatic heterocycles. The maximum Gasteiger partial charge on any atom is 0.424 e. The number of hydrazine groups is 1. The SMILES string of the molecule is CC(C)(C)[Si](C)(C)OC[C@H]1CCCN(C(=O)OCC(Cl)(Cl)Cl)N1. The van der Waals surface area contributed by atoms with Gasteiger partial charge < -0.3 is 9.16 Å². The van der Waals surface area contributed by atoms with Gasteiger partial charge in [-0.05, 0) is 31.0 Å². The number of hydrogen-bond acceptors (Lipinski definition) is 4. The molecule has 23 heavy (non-hydrogen) atoms. The van der Waals surface area contributed by atoms with Crippen LogP contribution in [0.3, 0.4) is 0 Å². The van der Waals surface area contributed by atoms with Gasteiger partial charge in [0.05, 0.1) is 6.61 Å². The predicted molar refractivity (Wildman–Crippen MR) is 97.7 cm³/mol. The van der Waals surface area contributed by atoms with Crippen molar-refractivity contribution in [2.45, 2.75) is 61.6 Å². The van der Waals surface area contributed by atoms with E-state index in [-0.39, 0.29) is 17.7 Å². The molecule has 1 aliphatic rings. The lowest BCUT2D eigenvalue weighted by Crippen LogP contribution is -2.55. The number of hydrogen-bond donors (Lipinski definition) is 1. The van der Waals surface area contributed by atoms with E-state index in [1.165, 1.54) is 5.01 Å². The van der Waals surface area contributed by atoms with Crippen LogP contribution in [0, 0.1) is 0 Å². The second-order valence-corrected chi connectivity index (χ2v) is 14.7. The number of nitrogens with one attached hydrogen (secondary N) is 1. The van der Waals surface area contributed by atoms with Gasteiger partial charge in [-0.15, -0.1) is 0 Å². The fourth-order valence-electron chi connectivity index (χ4n) is 1.86. The third-order valence-electron chi connectivity index (χ3n) is 4.30. The van der Waals surface area contributed by atoms with Crippen LogP contribution in [0.25, 0.3) is 0 Å². The average Bonchev–Trinajstić information content (AvgIpc) is 2.41. The zero-order valence-corrected chi connectivity index (χ0v) is 17.7. The molecule has 1 amide bonds. The zero-order valence-electron chi connectivity index (χ0n) is 14.4. The Hall–Kier alpha value is 0.277. The summed E-state index contributed by atoms with van der Waals surface area (Å²) < 4.78 is 9.60. The number of ether oxygens (including phenoxy) is 1. The van der Waals surface area contributed by atoms with E-state index >= 15 is 0 Å². The lowest BCUT2D eigenvalue weighted by molar-refractivity contribution is 0.0504. The Kier molecular flexibility index (Phi) is 7.51. The lowest BCUT2D eigenvalue weighted by Gasteiger charge is -2.39. The highest BCUT2D eigenvalue weighted by atomic mass is 35.6. The van der Waals surface area contributed by atoms with Crippen LogP contribution in [0.5, 0.6) is 0 Å². The van der Waals surface area contributed by atoms with E-state index in [0.29, 0.717) is 13.2 Å². The zero-order chi connectivity index (χ0) is 17.9. The highest BCUT2D eigenvalue weighted by molar-refractivity contribution is 6.74. The largest absolute Gasteiger partial charge is 0.444 e. The summed E-state index contributed by atoms with van der Waals surface area (Å²) in [6.07, 6.45) is 1.29. The summed E-state index contributed by atoms with van der Waals surface area (Å²) >= 11 is 16.8. The first kappa shape index (κ1) is 21.3. The van der Waals surface area contributed by atoms with Gasteiger partial charge in [-0.3, -0.25) is 0 Å². The van der Waals surface area contributed by atoms with Crippen LogP contribution in [0.4, 0.5) is 4.79 Å². The van der Waals surface area contributed by atoms with Crippen LogP contribution in [0.2, 0.25) is 18.1 Å². The topological polar surface area (TPSA) is 50.8 Å². The summed E-state index contributed by atoms with van der Waals surface area (Å²) in [5.41, 5.74) is 3.14. The summed E-state index contributed by atoms with van der Waals surface area (Å²) in [6.45, 7) is 11.9. The third kappa shape index (κ3) is 7.36. The molecule has 0 saturated carbocycles. The van der Waals surface area contributed by atoms with Crippen LogP contribution in [-0.2, 0) is 9.16 Å². The number of carbonyl (C=O) groups excluding carboxylic acids is 1. The molecule has 1 heterocycles. The molecule has 136 valence electrons. The van der Waals surface area contributed by atoms with E-state index in [4.69, 9.17) is 44.0 Å². The Bertz CT molecular complexity index is 411. The highest BCUT2D eigenvalue weighted by Crippen LogP contribution is 2.36. The van der Waals surface area contributed by atoms with Gasteiger partial charge in [-0.1, -0.05) is 55.6 Å². The summed E-state index contributed by atoms with van der Waals surface area (Å²) in [5, 5.41) is 1.59. The first-order valence-electron chi connectivity index (χ1n) is 7.73. The second-order valence-electron chi connectivity index (χ2n) is 7.36. The number of amides is 1. The quantitative estimate of drug-likeness (QED) is 0.553. The normalized spacial score (nSPS) is 20.5. The van der Waals surface area contributed by atoms with Gasteiger partial charge in [0.2, 0.25) is 3.79 Å². The summed E-state index contributed by atoms with van der Waals surface area (Å²) in [4.78, 5) is 12.0. The van der Waals surface area contributed by atoms with Gasteiger partial charge in [0, 0.05) is 12.6 Å². The molecule has 0 spiro atoms. The highest BCUT2D eigenvalue weighted by Gasteiger charge is 2.38. The minimum Gasteiger partial charge on any atom is -0.444 e. The number of alkyl halides is 3. The van der Waals surface area contributed by atoms with Crippen LogP contribution in [0.15, 0.2) is 0 Å². The van der Waals surface area contributed by atoms with Crippen LogP contribution in [0.1, 0.15) is 33.6 Å². The first-order chi connectivity index (χ1) is 10.3. The summed E-state index contributed by atoms with van der Waals surface area (Å²) in [6, 6.07) is 0.0817. The maximum absolute atomic E-state index is 12.0. The van der Waals surface area contributed by atoms with Crippen molar-refractivity contribution >= 4 is 49.2 Å². The van der Waals surface area contributed by atoms with E-state index < -0.39 is 18.2 Å². The smallest absolute Gasteiger partial charge is 0.424 e. The molecule has 1 N–H and O–H groups in total. The van der Waals surface area contributed by atoms with Crippen LogP contribution >= 0.6 is 34.8 Å². The van der Waals surface area contributed by atoms with Gasteiger partial charge >= 0.3 is 6.09 Å². The molecule has 9 heteroatoms. The van der Waals surface area contributed by atoms with Gasteiger partial charge in [0.25, 0.3) is 0 Å². The van der Waals surface area contributed by atoms with Crippen molar-refractivity contribution in [3.8, 4) is 0 Å². The molecule has 1 fully saturated rings. The summed E-state index contributed by atoms with van der Waals surface area (Å²) in [7, 11) is -1.81. The lowest BCUT2D eigenvalue weighted by atomic mass is 10.1. The molecule has 0 aromatic heterocycles. The number of nitrogens with zero attached hydrogens (tertiary/aromatic N) is 1. The Morgan fingerprint density at radius 3 is 2.43 bits per heavy atom. The monoisotopic (exact) mass is 404 g/mol. The van der Waals surface area contributed by atoms with Gasteiger partial charge in [-0.2, -0.15) is 0 Å². The molecule has 0 aromatic rings. The number of rotatable bonds is 4. The van der Waals surface area contributed by atoms with E-state index in [2.05, 4.69) is 39.3 Å². The van der Waals surface area contributed by atoms with Crippen LogP contribution < -0.4 is 5.43 Å². The molecule has 5 nitrogen and oxygen atoms in total. The van der Waals surface area contributed by atoms with Gasteiger partial charge in [0.15, 0.2) is 8.32 Å². The molecule has 1 saturated heterocycles. The van der Waals surface area contributed by atoms with Crippen molar-refractivity contribution in [1.82, 2.24) is 10.4 Å². The minimum atomic E-state index is -1.81. The standard InChI is InChI=1S/C14H27Cl3N2O3Si/c1-13(2,3)23(4,5)22-9-11-7-6-8-19(18-11)12(20)21-10-14(15,16)17/h11,18H,6-10H2,1-5H3/t11-/m1/s1. The van der Waals surface area contributed by atoms with E-state index in [9.17, 15) is 4.79 Å². The van der Waals surface area contributed by atoms with Crippen molar-refractivity contribution in [2.24, 2.45) is 0 Å². The fraction of sp³-hybridized carbons (Fsp3) is 0.929. The fourth-order valence-corrected chi connectivity index (χ4v) is 3.07. The Labute approximate surface area is 155 Å². The second kappa shape index (κ2) is 8.10. The van der Waals surface area contributed by atoms with Gasteiger partial charge in [0.1, 0.15) is 6.61 Å². The number of halogens is 3. The third-order valence-corrected chi connectivity index (χ3v) is 9.13.